The molecule has 3 aliphatic rings. The zero-order valence-electron chi connectivity index (χ0n) is 17.3. The van der Waals surface area contributed by atoms with Gasteiger partial charge in [0, 0.05) is 25.7 Å². The Morgan fingerprint density at radius 3 is 2.71 bits per heavy atom. The highest BCUT2D eigenvalue weighted by Crippen LogP contribution is 2.34. The maximum Gasteiger partial charge on any atom is 0.408 e. The number of morpholine rings is 1. The molecule has 1 aromatic rings. The van der Waals surface area contributed by atoms with E-state index in [9.17, 15) is 22.8 Å². The van der Waals surface area contributed by atoms with Crippen LogP contribution in [0.25, 0.3) is 0 Å². The lowest BCUT2D eigenvalue weighted by Crippen LogP contribution is -2.56. The van der Waals surface area contributed by atoms with Crippen LogP contribution in [0.15, 0.2) is 10.9 Å². The molecule has 0 saturated carbocycles. The van der Waals surface area contributed by atoms with E-state index < -0.39 is 30.2 Å². The van der Waals surface area contributed by atoms with Gasteiger partial charge in [-0.25, -0.2) is 5.06 Å². The summed E-state index contributed by atoms with van der Waals surface area (Å²) in [7, 11) is 0. The Bertz CT molecular complexity index is 871. The lowest BCUT2D eigenvalue weighted by atomic mass is 10.1. The van der Waals surface area contributed by atoms with E-state index in [-0.39, 0.29) is 25.0 Å². The summed E-state index contributed by atoms with van der Waals surface area (Å²) in [5.41, 5.74) is -0.439. The summed E-state index contributed by atoms with van der Waals surface area (Å²) in [6.07, 6.45) is -3.39. The number of fused-ring (bicyclic) bond motifs is 1. The number of carbonyl (C=O) groups is 1. The Balaban J connectivity index is 1.70. The molecule has 0 N–H and O–H groups in total. The monoisotopic (exact) mass is 445 g/mol. The first-order valence-electron chi connectivity index (χ1n) is 10.5. The highest BCUT2D eigenvalue weighted by Gasteiger charge is 2.48. The molecular weight excluding hydrogens is 419 g/mol. The quantitative estimate of drug-likeness (QED) is 0.691. The first kappa shape index (κ1) is 21.9. The third-order valence-corrected chi connectivity index (χ3v) is 5.86. The van der Waals surface area contributed by atoms with E-state index in [2.05, 4.69) is 4.98 Å². The van der Waals surface area contributed by atoms with E-state index in [1.807, 2.05) is 11.8 Å². The van der Waals surface area contributed by atoms with E-state index in [1.165, 1.54) is 10.6 Å². The summed E-state index contributed by atoms with van der Waals surface area (Å²) in [5, 5.41) is 1.11. The van der Waals surface area contributed by atoms with Gasteiger partial charge in [0.25, 0.3) is 11.5 Å². The molecule has 2 atom stereocenters. The number of rotatable bonds is 3. The van der Waals surface area contributed by atoms with Crippen molar-refractivity contribution in [2.45, 2.75) is 51.0 Å². The molecule has 1 unspecified atom stereocenters. The Hall–Kier alpha value is -2.34. The number of anilines is 2. The minimum absolute atomic E-state index is 0.0810. The van der Waals surface area contributed by atoms with E-state index in [1.54, 1.807) is 0 Å². The van der Waals surface area contributed by atoms with Crippen LogP contribution in [-0.4, -0.2) is 78.2 Å². The summed E-state index contributed by atoms with van der Waals surface area (Å²) >= 11 is 0. The number of hydrogen-bond donors (Lipinski definition) is 0. The standard InChI is InChI=1S/C19H26F3N5O4/c1-13-12-30-9-7-24(13)15-10-16(28)25-6-4-14(19(20,21)22)26(18(25)23-15)11-17(29)27-5-2-3-8-31-27/h10,13-14H,2-9,11-12H2,1H3/t13-,14?/m1/s1. The topological polar surface area (TPSA) is 80.1 Å². The van der Waals surface area contributed by atoms with Crippen LogP contribution in [0.5, 0.6) is 0 Å². The van der Waals surface area contributed by atoms with Crippen molar-refractivity contribution in [2.75, 3.05) is 49.3 Å². The molecule has 0 spiro atoms. The maximum atomic E-state index is 13.9. The molecule has 172 valence electrons. The van der Waals surface area contributed by atoms with E-state index in [0.29, 0.717) is 38.7 Å². The van der Waals surface area contributed by atoms with Gasteiger partial charge in [0.2, 0.25) is 5.95 Å². The Kier molecular flexibility index (Phi) is 6.11. The fraction of sp³-hybridized carbons (Fsp3) is 0.737. The number of nitrogens with zero attached hydrogens (tertiary/aromatic N) is 5. The summed E-state index contributed by atoms with van der Waals surface area (Å²) in [5.74, 6) is -0.427. The molecule has 2 fully saturated rings. The van der Waals surface area contributed by atoms with Crippen LogP contribution in [0.4, 0.5) is 24.9 Å². The summed E-state index contributed by atoms with van der Waals surface area (Å²) in [6, 6.07) is -0.652. The Morgan fingerprint density at radius 2 is 2.03 bits per heavy atom. The van der Waals surface area contributed by atoms with Crippen molar-refractivity contribution < 1.29 is 27.5 Å². The fourth-order valence-corrected chi connectivity index (χ4v) is 4.21. The number of ether oxygens (including phenoxy) is 1. The highest BCUT2D eigenvalue weighted by atomic mass is 19.4. The Morgan fingerprint density at radius 1 is 1.23 bits per heavy atom. The SMILES string of the molecule is C[C@@H]1COCCN1c1cc(=O)n2c(n1)N(CC(=O)N1CCCCO1)C(C(F)(F)F)CC2. The van der Waals surface area contributed by atoms with Crippen molar-refractivity contribution in [1.82, 2.24) is 14.6 Å². The number of amides is 1. The minimum atomic E-state index is -4.58. The molecule has 0 bridgehead atoms. The van der Waals surface area contributed by atoms with Crippen LogP contribution >= 0.6 is 0 Å². The summed E-state index contributed by atoms with van der Waals surface area (Å²) in [6.45, 7) is 3.22. The third-order valence-electron chi connectivity index (χ3n) is 5.86. The molecule has 4 heterocycles. The number of hydrogen-bond acceptors (Lipinski definition) is 7. The van der Waals surface area contributed by atoms with Gasteiger partial charge in [-0.05, 0) is 26.2 Å². The van der Waals surface area contributed by atoms with Gasteiger partial charge in [0.05, 0.1) is 25.9 Å². The molecule has 4 rings (SSSR count). The van der Waals surface area contributed by atoms with Crippen LogP contribution in [0.3, 0.4) is 0 Å². The molecule has 1 aromatic heterocycles. The van der Waals surface area contributed by atoms with Crippen molar-refractivity contribution in [3.05, 3.63) is 16.4 Å². The van der Waals surface area contributed by atoms with Crippen LogP contribution in [0.2, 0.25) is 0 Å². The van der Waals surface area contributed by atoms with E-state index >= 15 is 0 Å². The Labute approximate surface area is 177 Å². The molecule has 9 nitrogen and oxygen atoms in total. The maximum absolute atomic E-state index is 13.9. The third kappa shape index (κ3) is 4.49. The first-order valence-corrected chi connectivity index (χ1v) is 10.5. The van der Waals surface area contributed by atoms with Gasteiger partial charge in [-0.1, -0.05) is 0 Å². The van der Waals surface area contributed by atoms with Gasteiger partial charge >= 0.3 is 6.18 Å². The van der Waals surface area contributed by atoms with Crippen LogP contribution < -0.4 is 15.4 Å². The number of halogens is 3. The van der Waals surface area contributed by atoms with Crippen LogP contribution in [0.1, 0.15) is 26.2 Å². The zero-order valence-corrected chi connectivity index (χ0v) is 17.3. The molecule has 31 heavy (non-hydrogen) atoms. The van der Waals surface area contributed by atoms with Gasteiger partial charge in [-0.15, -0.1) is 0 Å². The van der Waals surface area contributed by atoms with Crippen molar-refractivity contribution in [3.8, 4) is 0 Å². The number of aromatic nitrogens is 2. The van der Waals surface area contributed by atoms with E-state index in [4.69, 9.17) is 9.57 Å². The molecule has 0 radical (unpaired) electrons. The number of hydroxylamine groups is 2. The van der Waals surface area contributed by atoms with Gasteiger partial charge in [0.15, 0.2) is 0 Å². The summed E-state index contributed by atoms with van der Waals surface area (Å²) in [4.78, 5) is 38.0. The highest BCUT2D eigenvalue weighted by molar-refractivity contribution is 5.80. The molecule has 3 aliphatic heterocycles. The van der Waals surface area contributed by atoms with Crippen LogP contribution in [-0.2, 0) is 20.9 Å². The average Bonchev–Trinajstić information content (AvgIpc) is 2.74. The molecule has 2 saturated heterocycles. The predicted octanol–water partition coefficient (Wildman–Crippen LogP) is 1.16. The second-order valence-corrected chi connectivity index (χ2v) is 8.03. The molecule has 1 amide bonds. The molecule has 12 heteroatoms. The smallest absolute Gasteiger partial charge is 0.377 e. The number of alkyl halides is 3. The lowest BCUT2D eigenvalue weighted by molar-refractivity contribution is -0.196. The second-order valence-electron chi connectivity index (χ2n) is 8.03. The number of carbonyl (C=O) groups excluding carboxylic acids is 1. The molecule has 0 aliphatic carbocycles. The van der Waals surface area contributed by atoms with Gasteiger partial charge < -0.3 is 14.5 Å². The van der Waals surface area contributed by atoms with Gasteiger partial charge in [-0.3, -0.25) is 19.0 Å². The van der Waals surface area contributed by atoms with E-state index in [0.717, 1.165) is 22.8 Å². The first-order chi connectivity index (χ1) is 14.8. The van der Waals surface area contributed by atoms with Gasteiger partial charge in [0.1, 0.15) is 18.4 Å². The van der Waals surface area contributed by atoms with Crippen molar-refractivity contribution in [3.63, 3.8) is 0 Å². The minimum Gasteiger partial charge on any atom is -0.377 e. The predicted molar refractivity (Wildman–Crippen MR) is 105 cm³/mol. The van der Waals surface area contributed by atoms with Crippen LogP contribution in [0, 0.1) is 0 Å². The van der Waals surface area contributed by atoms with Crippen molar-refractivity contribution in [1.29, 1.82) is 0 Å². The van der Waals surface area contributed by atoms with Crippen molar-refractivity contribution >= 4 is 17.7 Å². The molecular formula is C19H26F3N5O4. The second kappa shape index (κ2) is 8.65. The van der Waals surface area contributed by atoms with Crippen molar-refractivity contribution in [2.24, 2.45) is 0 Å². The van der Waals surface area contributed by atoms with Gasteiger partial charge in [-0.2, -0.15) is 18.2 Å². The average molecular weight is 445 g/mol. The largest absolute Gasteiger partial charge is 0.408 e. The lowest BCUT2D eigenvalue weighted by Gasteiger charge is -2.40. The summed E-state index contributed by atoms with van der Waals surface area (Å²) < 4.78 is 48.2. The normalized spacial score (nSPS) is 24.8. The molecule has 0 aromatic carbocycles. The fourth-order valence-electron chi connectivity index (χ4n) is 4.21. The zero-order chi connectivity index (χ0) is 22.2.